The Morgan fingerprint density at radius 2 is 1.68 bits per heavy atom. The van der Waals surface area contributed by atoms with E-state index in [1.54, 1.807) is 48.5 Å². The van der Waals surface area contributed by atoms with E-state index in [9.17, 15) is 9.00 Å². The van der Waals surface area contributed by atoms with Gasteiger partial charge in [-0.2, -0.15) is 5.26 Å². The van der Waals surface area contributed by atoms with Crippen LogP contribution in [0.4, 0.5) is 0 Å². The molecule has 0 radical (unpaired) electrons. The van der Waals surface area contributed by atoms with Crippen LogP contribution in [0.5, 0.6) is 0 Å². The van der Waals surface area contributed by atoms with Gasteiger partial charge in [0.2, 0.25) is 0 Å². The van der Waals surface area contributed by atoms with Gasteiger partial charge in [-0.25, -0.2) is 4.21 Å². The zero-order valence-electron chi connectivity index (χ0n) is 12.4. The molecule has 0 unspecified atom stereocenters. The summed E-state index contributed by atoms with van der Waals surface area (Å²) in [5.41, 5.74) is 0.710. The second-order valence-electron chi connectivity index (χ2n) is 5.00. The average Bonchev–Trinajstić information content (AvgIpc) is 2.53. The Labute approximate surface area is 132 Å². The van der Waals surface area contributed by atoms with Crippen molar-refractivity contribution in [2.45, 2.75) is 29.7 Å². The highest BCUT2D eigenvalue weighted by atomic mass is 32.2. The molecule has 0 aromatic heterocycles. The van der Waals surface area contributed by atoms with Crippen LogP contribution in [-0.4, -0.2) is 16.2 Å². The standard InChI is InChI=1S/C17H16N2O2S/c1-12(2)19-17(20)14-8-4-6-10-16(14)22(21)15-9-5-3-7-13(15)11-18/h3-10,12H,1-2H3,(H,19,20)/t22-/m0/s1. The Kier molecular flexibility index (Phi) is 5.08. The second kappa shape index (κ2) is 7.01. The van der Waals surface area contributed by atoms with Gasteiger partial charge in [0.15, 0.2) is 0 Å². The fourth-order valence-corrected chi connectivity index (χ4v) is 3.31. The first-order valence-corrected chi connectivity index (χ1v) is 8.00. The molecule has 0 saturated heterocycles. The third-order valence-electron chi connectivity index (χ3n) is 2.96. The molecule has 1 N–H and O–H groups in total. The van der Waals surface area contributed by atoms with Gasteiger partial charge in [-0.1, -0.05) is 24.3 Å². The van der Waals surface area contributed by atoms with E-state index in [0.717, 1.165) is 0 Å². The highest BCUT2D eigenvalue weighted by Gasteiger charge is 2.19. The molecule has 1 amide bonds. The summed E-state index contributed by atoms with van der Waals surface area (Å²) in [7, 11) is -1.59. The molecule has 4 nitrogen and oxygen atoms in total. The van der Waals surface area contributed by atoms with Gasteiger partial charge in [-0.05, 0) is 38.1 Å². The number of amides is 1. The number of carbonyl (C=O) groups is 1. The maximum atomic E-state index is 12.8. The second-order valence-corrected chi connectivity index (χ2v) is 6.42. The van der Waals surface area contributed by atoms with E-state index in [4.69, 9.17) is 5.26 Å². The molecule has 22 heavy (non-hydrogen) atoms. The van der Waals surface area contributed by atoms with E-state index in [-0.39, 0.29) is 11.9 Å². The molecule has 0 bridgehead atoms. The summed E-state index contributed by atoms with van der Waals surface area (Å²) in [6.07, 6.45) is 0. The van der Waals surface area contributed by atoms with Crippen LogP contribution in [0.25, 0.3) is 0 Å². The minimum absolute atomic E-state index is 0.0135. The van der Waals surface area contributed by atoms with E-state index < -0.39 is 10.8 Å². The van der Waals surface area contributed by atoms with Crippen LogP contribution in [0.2, 0.25) is 0 Å². The van der Waals surface area contributed by atoms with Crippen LogP contribution in [0.1, 0.15) is 29.8 Å². The van der Waals surface area contributed by atoms with Crippen molar-refractivity contribution in [1.82, 2.24) is 5.32 Å². The molecule has 0 heterocycles. The summed E-state index contributed by atoms with van der Waals surface area (Å²) in [5, 5.41) is 11.9. The summed E-state index contributed by atoms with van der Waals surface area (Å²) in [4.78, 5) is 13.1. The number of rotatable bonds is 4. The number of nitrogens with one attached hydrogen (secondary N) is 1. The molecule has 0 saturated carbocycles. The zero-order chi connectivity index (χ0) is 16.1. The molecular formula is C17H16N2O2S. The summed E-state index contributed by atoms with van der Waals surface area (Å²) < 4.78 is 12.8. The van der Waals surface area contributed by atoms with Crippen molar-refractivity contribution in [2.75, 3.05) is 0 Å². The normalized spacial score (nSPS) is 11.7. The van der Waals surface area contributed by atoms with Crippen LogP contribution in [0, 0.1) is 11.3 Å². The van der Waals surface area contributed by atoms with Crippen molar-refractivity contribution >= 4 is 16.7 Å². The fourth-order valence-electron chi connectivity index (χ4n) is 1.99. The Morgan fingerprint density at radius 3 is 2.32 bits per heavy atom. The van der Waals surface area contributed by atoms with Gasteiger partial charge in [-0.3, -0.25) is 4.79 Å². The smallest absolute Gasteiger partial charge is 0.252 e. The molecule has 2 aromatic rings. The van der Waals surface area contributed by atoms with Gasteiger partial charge in [0.05, 0.1) is 31.7 Å². The predicted octanol–water partition coefficient (Wildman–Crippen LogP) is 2.86. The molecule has 1 atom stereocenters. The first-order chi connectivity index (χ1) is 10.5. The lowest BCUT2D eigenvalue weighted by molar-refractivity contribution is 0.0940. The lowest BCUT2D eigenvalue weighted by Crippen LogP contribution is -2.30. The minimum atomic E-state index is -1.59. The maximum absolute atomic E-state index is 12.8. The van der Waals surface area contributed by atoms with E-state index in [1.807, 2.05) is 19.9 Å². The van der Waals surface area contributed by atoms with E-state index in [1.165, 1.54) is 0 Å². The Morgan fingerprint density at radius 1 is 1.09 bits per heavy atom. The summed E-state index contributed by atoms with van der Waals surface area (Å²) in [6, 6.07) is 15.5. The van der Waals surface area contributed by atoms with Crippen LogP contribution in [0.3, 0.4) is 0 Å². The van der Waals surface area contributed by atoms with Crippen molar-refractivity contribution in [3.05, 3.63) is 59.7 Å². The topological polar surface area (TPSA) is 70.0 Å². The number of hydrogen-bond acceptors (Lipinski definition) is 3. The Balaban J connectivity index is 2.47. The highest BCUT2D eigenvalue weighted by Crippen LogP contribution is 2.23. The monoisotopic (exact) mass is 312 g/mol. The van der Waals surface area contributed by atoms with Crippen molar-refractivity contribution in [3.63, 3.8) is 0 Å². The SMILES string of the molecule is CC(C)NC(=O)c1ccccc1[S@@](=O)c1ccccc1C#N. The molecule has 5 heteroatoms. The average molecular weight is 312 g/mol. The molecule has 0 fully saturated rings. The molecule has 0 aliphatic rings. The number of benzene rings is 2. The first kappa shape index (κ1) is 15.9. The third-order valence-corrected chi connectivity index (χ3v) is 4.47. The minimum Gasteiger partial charge on any atom is -0.350 e. The van der Waals surface area contributed by atoms with Gasteiger partial charge in [-0.15, -0.1) is 0 Å². The third kappa shape index (κ3) is 3.41. The van der Waals surface area contributed by atoms with Crippen molar-refractivity contribution in [2.24, 2.45) is 0 Å². The van der Waals surface area contributed by atoms with Gasteiger partial charge in [0.25, 0.3) is 5.91 Å². The van der Waals surface area contributed by atoms with Gasteiger partial charge in [0, 0.05) is 6.04 Å². The van der Waals surface area contributed by atoms with E-state index in [0.29, 0.717) is 20.9 Å². The van der Waals surface area contributed by atoms with Crippen LogP contribution in [0.15, 0.2) is 58.3 Å². The zero-order valence-corrected chi connectivity index (χ0v) is 13.2. The number of hydrogen-bond donors (Lipinski definition) is 1. The fraction of sp³-hybridized carbons (Fsp3) is 0.176. The Bertz CT molecular complexity index is 763. The molecule has 0 aliphatic heterocycles. The lowest BCUT2D eigenvalue weighted by atomic mass is 10.2. The first-order valence-electron chi connectivity index (χ1n) is 6.85. The molecule has 2 rings (SSSR count). The number of carbonyl (C=O) groups excluding carboxylic acids is 1. The van der Waals surface area contributed by atoms with Gasteiger partial charge < -0.3 is 5.32 Å². The molecule has 2 aromatic carbocycles. The summed E-state index contributed by atoms with van der Waals surface area (Å²) >= 11 is 0. The van der Waals surface area contributed by atoms with Crippen LogP contribution < -0.4 is 5.32 Å². The number of nitriles is 1. The summed E-state index contributed by atoms with van der Waals surface area (Å²) in [5.74, 6) is -0.270. The van der Waals surface area contributed by atoms with Gasteiger partial charge >= 0.3 is 0 Å². The van der Waals surface area contributed by atoms with Crippen molar-refractivity contribution < 1.29 is 9.00 Å². The molecule has 0 spiro atoms. The largest absolute Gasteiger partial charge is 0.350 e. The van der Waals surface area contributed by atoms with Crippen molar-refractivity contribution in [3.8, 4) is 6.07 Å². The van der Waals surface area contributed by atoms with Crippen molar-refractivity contribution in [1.29, 1.82) is 5.26 Å². The van der Waals surface area contributed by atoms with Crippen LogP contribution >= 0.6 is 0 Å². The quantitative estimate of drug-likeness (QED) is 0.943. The highest BCUT2D eigenvalue weighted by molar-refractivity contribution is 7.85. The molecule has 112 valence electrons. The molecule has 0 aliphatic carbocycles. The number of nitrogens with zero attached hydrogens (tertiary/aromatic N) is 1. The van der Waals surface area contributed by atoms with E-state index >= 15 is 0 Å². The lowest BCUT2D eigenvalue weighted by Gasteiger charge is -2.12. The Hall–Kier alpha value is -2.45. The van der Waals surface area contributed by atoms with Gasteiger partial charge in [0.1, 0.15) is 6.07 Å². The summed E-state index contributed by atoms with van der Waals surface area (Å²) in [6.45, 7) is 3.73. The predicted molar refractivity (Wildman–Crippen MR) is 84.9 cm³/mol. The maximum Gasteiger partial charge on any atom is 0.252 e. The van der Waals surface area contributed by atoms with E-state index in [2.05, 4.69) is 5.32 Å². The molecular weight excluding hydrogens is 296 g/mol. The van der Waals surface area contributed by atoms with Crippen LogP contribution in [-0.2, 0) is 10.8 Å².